The SMILES string of the molecule is NCC1O[C@H](O[C@@H]2C(N)C[C@@H](N)C(OC3CC(N)(CO)C(O)[C@@H](CO)O3)C2O)C(O)C(O)[C@@H]1O. The maximum atomic E-state index is 11.0. The third kappa shape index (κ3) is 5.39. The fourth-order valence-electron chi connectivity index (χ4n) is 4.69. The van der Waals surface area contributed by atoms with Crippen LogP contribution in [0.1, 0.15) is 12.8 Å². The van der Waals surface area contributed by atoms with E-state index >= 15 is 0 Å². The predicted octanol–water partition coefficient (Wildman–Crippen LogP) is -6.90. The van der Waals surface area contributed by atoms with Crippen molar-refractivity contribution < 1.29 is 54.7 Å². The minimum absolute atomic E-state index is 0.118. The Labute approximate surface area is 196 Å². The summed E-state index contributed by atoms with van der Waals surface area (Å²) in [6.45, 7) is -1.37. The van der Waals surface area contributed by atoms with E-state index in [0.717, 1.165) is 0 Å². The second-order valence-electron chi connectivity index (χ2n) is 9.33. The Kier molecular flexibility index (Phi) is 9.22. The molecule has 9 unspecified atom stereocenters. The molecule has 34 heavy (non-hydrogen) atoms. The summed E-state index contributed by atoms with van der Waals surface area (Å²) < 4.78 is 22.6. The van der Waals surface area contributed by atoms with Crippen molar-refractivity contribution in [3.05, 3.63) is 0 Å². The average molecular weight is 499 g/mol. The van der Waals surface area contributed by atoms with Crippen LogP contribution in [0.3, 0.4) is 0 Å². The number of rotatable bonds is 7. The van der Waals surface area contributed by atoms with E-state index in [2.05, 4.69) is 0 Å². The average Bonchev–Trinajstić information content (AvgIpc) is 2.81. The zero-order chi connectivity index (χ0) is 25.4. The molecule has 1 aliphatic carbocycles. The van der Waals surface area contributed by atoms with Crippen LogP contribution in [0.4, 0.5) is 0 Å². The van der Waals surface area contributed by atoms with Crippen molar-refractivity contribution in [2.45, 2.75) is 98.0 Å². The summed E-state index contributed by atoms with van der Waals surface area (Å²) in [4.78, 5) is 0. The number of aliphatic hydroxyl groups is 7. The van der Waals surface area contributed by atoms with E-state index in [0.29, 0.717) is 0 Å². The first-order chi connectivity index (χ1) is 16.0. The second kappa shape index (κ2) is 11.2. The summed E-state index contributed by atoms with van der Waals surface area (Å²) in [7, 11) is 0. The van der Waals surface area contributed by atoms with Gasteiger partial charge in [0, 0.05) is 25.0 Å². The van der Waals surface area contributed by atoms with Crippen LogP contribution in [0, 0.1) is 0 Å². The minimum Gasteiger partial charge on any atom is -0.394 e. The van der Waals surface area contributed by atoms with Gasteiger partial charge in [-0.2, -0.15) is 0 Å². The van der Waals surface area contributed by atoms with Gasteiger partial charge in [-0.25, -0.2) is 0 Å². The van der Waals surface area contributed by atoms with Crippen LogP contribution in [-0.2, 0) is 18.9 Å². The molecule has 14 atom stereocenters. The number of hydrogen-bond donors (Lipinski definition) is 11. The monoisotopic (exact) mass is 498 g/mol. The summed E-state index contributed by atoms with van der Waals surface area (Å²) in [6, 6.07) is -1.60. The van der Waals surface area contributed by atoms with Gasteiger partial charge in [0.25, 0.3) is 0 Å². The molecular weight excluding hydrogens is 460 g/mol. The van der Waals surface area contributed by atoms with Crippen LogP contribution in [0.5, 0.6) is 0 Å². The van der Waals surface area contributed by atoms with E-state index < -0.39 is 98.4 Å². The van der Waals surface area contributed by atoms with Crippen LogP contribution in [0.15, 0.2) is 0 Å². The lowest BCUT2D eigenvalue weighted by Gasteiger charge is -2.49. The lowest BCUT2D eigenvalue weighted by Crippen LogP contribution is -2.68. The highest BCUT2D eigenvalue weighted by Crippen LogP contribution is 2.33. The topological polar surface area (TPSA) is 283 Å². The van der Waals surface area contributed by atoms with Crippen molar-refractivity contribution >= 4 is 0 Å². The first kappa shape index (κ1) is 28.0. The number of ether oxygens (including phenoxy) is 4. The molecule has 2 aliphatic heterocycles. The molecule has 15 nitrogen and oxygen atoms in total. The van der Waals surface area contributed by atoms with Crippen molar-refractivity contribution in [3.63, 3.8) is 0 Å². The molecule has 15 N–H and O–H groups in total. The van der Waals surface area contributed by atoms with Gasteiger partial charge in [0.15, 0.2) is 12.6 Å². The normalized spacial score (nSPS) is 52.5. The van der Waals surface area contributed by atoms with Crippen molar-refractivity contribution in [2.75, 3.05) is 19.8 Å². The lowest BCUT2D eigenvalue weighted by molar-refractivity contribution is -0.327. The quantitative estimate of drug-likeness (QED) is 0.155. The van der Waals surface area contributed by atoms with E-state index in [1.165, 1.54) is 0 Å². The summed E-state index contributed by atoms with van der Waals surface area (Å²) in [5.41, 5.74) is 22.4. The number of aliphatic hydroxyl groups excluding tert-OH is 7. The van der Waals surface area contributed by atoms with Gasteiger partial charge in [-0.15, -0.1) is 0 Å². The lowest BCUT2D eigenvalue weighted by atomic mass is 9.83. The van der Waals surface area contributed by atoms with Gasteiger partial charge in [0.2, 0.25) is 0 Å². The van der Waals surface area contributed by atoms with Crippen molar-refractivity contribution in [1.29, 1.82) is 0 Å². The Hall–Kier alpha value is -0.600. The largest absolute Gasteiger partial charge is 0.394 e. The van der Waals surface area contributed by atoms with Gasteiger partial charge >= 0.3 is 0 Å². The van der Waals surface area contributed by atoms with Crippen molar-refractivity contribution in [2.24, 2.45) is 22.9 Å². The first-order valence-electron chi connectivity index (χ1n) is 11.2. The standard InChI is InChI=1S/C19H38N4O11/c20-3-8-11(26)12(27)13(28)18(32-8)34-16-7(22)1-6(21)15(14(16)29)33-10-2-19(23,5-25)17(30)9(4-24)31-10/h6-18,24-30H,1-5,20-23H2/t6-,7?,8?,9-,10?,11-,12?,13?,14?,15?,16-,17?,18-,19?/m1/s1. The van der Waals surface area contributed by atoms with E-state index in [-0.39, 0.29) is 19.4 Å². The molecular formula is C19H38N4O11. The summed E-state index contributed by atoms with van der Waals surface area (Å²) >= 11 is 0. The molecule has 15 heteroatoms. The minimum atomic E-state index is -1.65. The highest BCUT2D eigenvalue weighted by molar-refractivity contribution is 5.02. The van der Waals surface area contributed by atoms with Crippen LogP contribution in [-0.4, -0.2) is 141 Å². The van der Waals surface area contributed by atoms with Crippen LogP contribution >= 0.6 is 0 Å². The van der Waals surface area contributed by atoms with Crippen molar-refractivity contribution in [3.8, 4) is 0 Å². The van der Waals surface area contributed by atoms with Gasteiger partial charge in [0.05, 0.1) is 18.8 Å². The summed E-state index contributed by atoms with van der Waals surface area (Å²) in [6.07, 6.45) is -14.6. The Bertz CT molecular complexity index is 666. The van der Waals surface area contributed by atoms with Crippen molar-refractivity contribution in [1.82, 2.24) is 0 Å². The molecule has 0 radical (unpaired) electrons. The molecule has 0 bridgehead atoms. The zero-order valence-corrected chi connectivity index (χ0v) is 18.6. The Morgan fingerprint density at radius 3 is 2.00 bits per heavy atom. The summed E-state index contributed by atoms with van der Waals surface area (Å²) in [5, 5.41) is 70.8. The smallest absolute Gasteiger partial charge is 0.187 e. The molecule has 1 saturated carbocycles. The fraction of sp³-hybridized carbons (Fsp3) is 1.00. The highest BCUT2D eigenvalue weighted by Gasteiger charge is 2.52. The first-order valence-corrected chi connectivity index (χ1v) is 11.2. The Morgan fingerprint density at radius 2 is 1.44 bits per heavy atom. The Morgan fingerprint density at radius 1 is 0.824 bits per heavy atom. The second-order valence-corrected chi connectivity index (χ2v) is 9.33. The van der Waals surface area contributed by atoms with Gasteiger partial charge < -0.3 is 77.6 Å². The third-order valence-corrected chi connectivity index (χ3v) is 6.85. The molecule has 3 fully saturated rings. The van der Waals surface area contributed by atoms with Gasteiger partial charge in [0.1, 0.15) is 54.9 Å². The number of nitrogens with two attached hydrogens (primary N) is 4. The van der Waals surface area contributed by atoms with E-state index in [1.54, 1.807) is 0 Å². The summed E-state index contributed by atoms with van der Waals surface area (Å²) in [5.74, 6) is 0. The predicted molar refractivity (Wildman–Crippen MR) is 112 cm³/mol. The van der Waals surface area contributed by atoms with Gasteiger partial charge in [-0.3, -0.25) is 0 Å². The molecule has 0 aromatic carbocycles. The van der Waals surface area contributed by atoms with Crippen LogP contribution < -0.4 is 22.9 Å². The van der Waals surface area contributed by atoms with Crippen LogP contribution in [0.25, 0.3) is 0 Å². The molecule has 0 aromatic heterocycles. The van der Waals surface area contributed by atoms with Gasteiger partial charge in [-0.1, -0.05) is 0 Å². The highest BCUT2D eigenvalue weighted by atomic mass is 16.7. The molecule has 3 aliphatic rings. The molecule has 0 spiro atoms. The fourth-order valence-corrected chi connectivity index (χ4v) is 4.69. The third-order valence-electron chi connectivity index (χ3n) is 6.85. The molecule has 3 rings (SSSR count). The Balaban J connectivity index is 1.72. The maximum absolute atomic E-state index is 11.0. The molecule has 2 saturated heterocycles. The zero-order valence-electron chi connectivity index (χ0n) is 18.6. The molecule has 200 valence electrons. The van der Waals surface area contributed by atoms with Crippen LogP contribution in [0.2, 0.25) is 0 Å². The van der Waals surface area contributed by atoms with E-state index in [9.17, 15) is 35.7 Å². The van der Waals surface area contributed by atoms with E-state index in [1.807, 2.05) is 0 Å². The van der Waals surface area contributed by atoms with Gasteiger partial charge in [-0.05, 0) is 6.42 Å². The molecule has 0 aromatic rings. The number of hydrogen-bond acceptors (Lipinski definition) is 15. The molecule has 0 amide bonds. The molecule has 2 heterocycles. The maximum Gasteiger partial charge on any atom is 0.187 e. The van der Waals surface area contributed by atoms with E-state index in [4.69, 9.17) is 41.9 Å².